The zero-order valence-corrected chi connectivity index (χ0v) is 28.3. The number of hydrogen-bond acceptors (Lipinski definition) is 2. The van der Waals surface area contributed by atoms with Gasteiger partial charge in [0.25, 0.3) is 0 Å². The van der Waals surface area contributed by atoms with E-state index >= 15 is 0 Å². The Hall–Kier alpha value is -5.22. The molecule has 232 valence electrons. The standard InChI is InChI=1S/C44H37BN2O/c1-43(2,3)26-13-11-14-28(23-26)46-36-24-27(44(4,5)6)21-22-34(36)45-40-37(46)25-33-30-16-8-10-20-38(30)48-42(33)39(40)32-18-12-17-31-29-15-7-9-19-35(29)47(45)41(31)32/h7-25H,1-6H3. The summed E-state index contributed by atoms with van der Waals surface area (Å²) < 4.78 is 9.50. The van der Waals surface area contributed by atoms with Crippen molar-refractivity contribution in [3.8, 4) is 11.1 Å². The molecule has 0 fully saturated rings. The van der Waals surface area contributed by atoms with Crippen LogP contribution in [0.4, 0.5) is 17.1 Å². The third-order valence-corrected chi connectivity index (χ3v) is 10.9. The second kappa shape index (κ2) is 9.23. The second-order valence-corrected chi connectivity index (χ2v) is 15.8. The first-order chi connectivity index (χ1) is 23.1. The molecule has 0 radical (unpaired) electrons. The van der Waals surface area contributed by atoms with Crippen LogP contribution in [0.3, 0.4) is 0 Å². The molecule has 2 aliphatic heterocycles. The van der Waals surface area contributed by atoms with E-state index in [-0.39, 0.29) is 17.7 Å². The van der Waals surface area contributed by atoms with Gasteiger partial charge in [0.05, 0.1) is 0 Å². The van der Waals surface area contributed by atoms with Gasteiger partial charge in [-0.3, -0.25) is 0 Å². The molecule has 0 bridgehead atoms. The molecule has 6 aromatic carbocycles. The average Bonchev–Trinajstić information content (AvgIpc) is 3.62. The van der Waals surface area contributed by atoms with Crippen molar-refractivity contribution in [3.63, 3.8) is 0 Å². The molecule has 0 atom stereocenters. The van der Waals surface area contributed by atoms with Gasteiger partial charge in [-0.15, -0.1) is 0 Å². The van der Waals surface area contributed by atoms with Crippen molar-refractivity contribution in [1.29, 1.82) is 0 Å². The minimum atomic E-state index is -0.0176. The summed E-state index contributed by atoms with van der Waals surface area (Å²) in [5, 5.41) is 4.89. The fourth-order valence-corrected chi connectivity index (χ4v) is 8.49. The number of furan rings is 1. The van der Waals surface area contributed by atoms with E-state index in [0.29, 0.717) is 0 Å². The summed E-state index contributed by atoms with van der Waals surface area (Å²) in [7, 11) is 0. The topological polar surface area (TPSA) is 21.3 Å². The smallest absolute Gasteiger partial charge is 0.333 e. The van der Waals surface area contributed by atoms with Crippen LogP contribution in [0.25, 0.3) is 54.9 Å². The van der Waals surface area contributed by atoms with Crippen molar-refractivity contribution >= 4 is 78.6 Å². The maximum absolute atomic E-state index is 6.87. The molecular formula is C44H37BN2O. The first-order valence-electron chi connectivity index (χ1n) is 17.1. The Balaban J connectivity index is 1.43. The SMILES string of the molecule is CC(C)(C)c1cccc(N2c3cc(C(C)(C)C)ccc3B3c4c2cc2c(oc5ccccc52)c4-c2cccc4c5ccccc5n3c24)c1. The monoisotopic (exact) mass is 620 g/mol. The van der Waals surface area contributed by atoms with E-state index in [9.17, 15) is 0 Å². The Morgan fingerprint density at radius 1 is 0.583 bits per heavy atom. The highest BCUT2D eigenvalue weighted by atomic mass is 16.3. The molecule has 8 aromatic rings. The van der Waals surface area contributed by atoms with Crippen molar-refractivity contribution in [2.45, 2.75) is 52.4 Å². The summed E-state index contributed by atoms with van der Waals surface area (Å²) >= 11 is 0. The molecule has 48 heavy (non-hydrogen) atoms. The lowest BCUT2D eigenvalue weighted by atomic mass is 9.45. The molecule has 10 rings (SSSR count). The van der Waals surface area contributed by atoms with Gasteiger partial charge in [0.2, 0.25) is 0 Å². The van der Waals surface area contributed by atoms with Crippen molar-refractivity contribution in [3.05, 3.63) is 126 Å². The highest BCUT2D eigenvalue weighted by Gasteiger charge is 2.44. The molecule has 0 amide bonds. The summed E-state index contributed by atoms with van der Waals surface area (Å²) in [5.41, 5.74) is 15.8. The van der Waals surface area contributed by atoms with Crippen LogP contribution in [0.2, 0.25) is 0 Å². The predicted molar refractivity (Wildman–Crippen MR) is 205 cm³/mol. The molecule has 0 aliphatic carbocycles. The van der Waals surface area contributed by atoms with Gasteiger partial charge in [-0.2, -0.15) is 0 Å². The largest absolute Gasteiger partial charge is 0.455 e. The maximum Gasteiger partial charge on any atom is 0.333 e. The number of anilines is 3. The Bertz CT molecular complexity index is 2660. The van der Waals surface area contributed by atoms with Gasteiger partial charge in [-0.1, -0.05) is 120 Å². The summed E-state index contributed by atoms with van der Waals surface area (Å²) in [4.78, 5) is 2.55. The summed E-state index contributed by atoms with van der Waals surface area (Å²) in [6.07, 6.45) is 0. The minimum Gasteiger partial charge on any atom is -0.455 e. The molecule has 2 aliphatic rings. The molecule has 0 saturated carbocycles. The van der Waals surface area contributed by atoms with Gasteiger partial charge < -0.3 is 13.8 Å². The zero-order chi connectivity index (χ0) is 32.7. The Labute approximate surface area is 281 Å². The molecule has 2 aromatic heterocycles. The maximum atomic E-state index is 6.87. The van der Waals surface area contributed by atoms with Crippen LogP contribution in [0, 0.1) is 0 Å². The normalized spacial score (nSPS) is 14.0. The van der Waals surface area contributed by atoms with Crippen LogP contribution >= 0.6 is 0 Å². The molecule has 3 nitrogen and oxygen atoms in total. The molecule has 0 N–H and O–H groups in total. The van der Waals surface area contributed by atoms with Gasteiger partial charge in [0, 0.05) is 60.8 Å². The third-order valence-electron chi connectivity index (χ3n) is 10.9. The van der Waals surface area contributed by atoms with E-state index in [0.717, 1.165) is 21.9 Å². The van der Waals surface area contributed by atoms with E-state index in [1.165, 1.54) is 72.0 Å². The van der Waals surface area contributed by atoms with Crippen molar-refractivity contribution in [2.24, 2.45) is 0 Å². The molecule has 4 heterocycles. The third kappa shape index (κ3) is 3.61. The van der Waals surface area contributed by atoms with Crippen LogP contribution in [0.1, 0.15) is 52.7 Å². The van der Waals surface area contributed by atoms with E-state index < -0.39 is 0 Å². The van der Waals surface area contributed by atoms with Crippen molar-refractivity contribution < 1.29 is 4.42 Å². The fraction of sp³-hybridized carbons (Fsp3) is 0.182. The van der Waals surface area contributed by atoms with Crippen molar-refractivity contribution in [1.82, 2.24) is 4.48 Å². The highest BCUT2D eigenvalue weighted by Crippen LogP contribution is 2.49. The van der Waals surface area contributed by atoms with Crippen LogP contribution < -0.4 is 15.8 Å². The number of fused-ring (bicyclic) bond motifs is 11. The minimum absolute atomic E-state index is 0.00329. The van der Waals surface area contributed by atoms with E-state index in [2.05, 4.69) is 166 Å². The lowest BCUT2D eigenvalue weighted by Crippen LogP contribution is -2.56. The van der Waals surface area contributed by atoms with Gasteiger partial charge in [0.15, 0.2) is 0 Å². The quantitative estimate of drug-likeness (QED) is 0.170. The number of hydrogen-bond donors (Lipinski definition) is 0. The number of benzene rings is 6. The molecule has 0 saturated heterocycles. The number of aromatic nitrogens is 1. The lowest BCUT2D eigenvalue weighted by molar-refractivity contribution is 0.590. The van der Waals surface area contributed by atoms with Gasteiger partial charge in [0.1, 0.15) is 11.2 Å². The Morgan fingerprint density at radius 3 is 2.10 bits per heavy atom. The summed E-state index contributed by atoms with van der Waals surface area (Å²) in [6.45, 7) is 13.8. The zero-order valence-electron chi connectivity index (χ0n) is 28.3. The average molecular weight is 621 g/mol. The van der Waals surface area contributed by atoms with Crippen LogP contribution in [-0.2, 0) is 10.8 Å². The summed E-state index contributed by atoms with van der Waals surface area (Å²) in [6, 6.07) is 43.1. The number of para-hydroxylation sites is 3. The number of rotatable bonds is 1. The van der Waals surface area contributed by atoms with Gasteiger partial charge in [-0.25, -0.2) is 0 Å². The first-order valence-corrected chi connectivity index (χ1v) is 17.1. The number of nitrogens with zero attached hydrogens (tertiary/aromatic N) is 2. The summed E-state index contributed by atoms with van der Waals surface area (Å²) in [5.74, 6) is 0. The Morgan fingerprint density at radius 2 is 1.29 bits per heavy atom. The molecule has 0 unspecified atom stereocenters. The lowest BCUT2D eigenvalue weighted by Gasteiger charge is -2.41. The predicted octanol–water partition coefficient (Wildman–Crippen LogP) is 10.7. The van der Waals surface area contributed by atoms with Crippen LogP contribution in [0.15, 0.2) is 120 Å². The fourth-order valence-electron chi connectivity index (χ4n) is 8.49. The van der Waals surface area contributed by atoms with E-state index in [1.807, 2.05) is 0 Å². The molecular weight excluding hydrogens is 583 g/mol. The van der Waals surface area contributed by atoms with Crippen molar-refractivity contribution in [2.75, 3.05) is 4.90 Å². The highest BCUT2D eigenvalue weighted by molar-refractivity contribution is 6.90. The Kier molecular flexibility index (Phi) is 5.36. The molecule has 0 spiro atoms. The first kappa shape index (κ1) is 27.9. The van der Waals surface area contributed by atoms with E-state index in [1.54, 1.807) is 0 Å². The second-order valence-electron chi connectivity index (χ2n) is 15.8. The van der Waals surface area contributed by atoms with Gasteiger partial charge >= 0.3 is 6.85 Å². The molecule has 4 heteroatoms. The van der Waals surface area contributed by atoms with Crippen LogP contribution in [-0.4, -0.2) is 11.3 Å². The van der Waals surface area contributed by atoms with E-state index in [4.69, 9.17) is 4.42 Å². The van der Waals surface area contributed by atoms with Crippen LogP contribution in [0.5, 0.6) is 0 Å². The van der Waals surface area contributed by atoms with Gasteiger partial charge in [-0.05, 0) is 69.3 Å².